The van der Waals surface area contributed by atoms with Gasteiger partial charge in [-0.15, -0.1) is 0 Å². The molecule has 1 N–H and O–H groups in total. The number of piperidine rings is 1. The number of hydrogen-bond donors (Lipinski definition) is 1. The van der Waals surface area contributed by atoms with Crippen molar-refractivity contribution in [3.05, 3.63) is 53.9 Å². The lowest BCUT2D eigenvalue weighted by atomic mass is 9.82. The van der Waals surface area contributed by atoms with Gasteiger partial charge in [0.25, 0.3) is 0 Å². The summed E-state index contributed by atoms with van der Waals surface area (Å²) in [6.07, 6.45) is 7.07. The SMILES string of the molecule is Fc1cccc(CN2CCC3(CC2)C[C@@H](Nc2ncccn2)CCO3)c1F. The highest BCUT2D eigenvalue weighted by atomic mass is 19.2. The lowest BCUT2D eigenvalue weighted by Gasteiger charge is -2.46. The zero-order valence-corrected chi connectivity index (χ0v) is 15.2. The molecule has 144 valence electrons. The van der Waals surface area contributed by atoms with Crippen molar-refractivity contribution >= 4 is 5.95 Å². The lowest BCUT2D eigenvalue weighted by molar-refractivity contribution is -0.115. The van der Waals surface area contributed by atoms with Crippen molar-refractivity contribution in [2.75, 3.05) is 25.0 Å². The lowest BCUT2D eigenvalue weighted by Crippen LogP contribution is -2.51. The first-order valence-corrected chi connectivity index (χ1v) is 9.46. The molecule has 1 aromatic heterocycles. The molecule has 27 heavy (non-hydrogen) atoms. The van der Waals surface area contributed by atoms with E-state index in [1.54, 1.807) is 30.6 Å². The Kier molecular flexibility index (Phi) is 5.31. The standard InChI is InChI=1S/C20H24F2N4O/c21-17-4-1-3-15(18(17)22)14-26-10-6-20(7-11-26)13-16(5-12-27-20)25-19-23-8-2-9-24-19/h1-4,8-9,16H,5-7,10-14H2,(H,23,24,25)/t16-/m0/s1. The van der Waals surface area contributed by atoms with E-state index < -0.39 is 11.6 Å². The monoisotopic (exact) mass is 374 g/mol. The summed E-state index contributed by atoms with van der Waals surface area (Å²) in [5, 5.41) is 3.41. The third-order valence-corrected chi connectivity index (χ3v) is 5.58. The van der Waals surface area contributed by atoms with Crippen LogP contribution in [0.4, 0.5) is 14.7 Å². The number of hydrogen-bond acceptors (Lipinski definition) is 5. The Bertz CT molecular complexity index is 766. The Labute approximate surface area is 157 Å². The second-order valence-electron chi connectivity index (χ2n) is 7.43. The first-order chi connectivity index (χ1) is 13.1. The van der Waals surface area contributed by atoms with E-state index in [4.69, 9.17) is 4.74 Å². The highest BCUT2D eigenvalue weighted by molar-refractivity contribution is 5.25. The van der Waals surface area contributed by atoms with Crippen LogP contribution < -0.4 is 5.32 Å². The molecule has 4 rings (SSSR count). The van der Waals surface area contributed by atoms with Crippen molar-refractivity contribution in [3.8, 4) is 0 Å². The van der Waals surface area contributed by atoms with E-state index in [1.807, 2.05) is 0 Å². The maximum Gasteiger partial charge on any atom is 0.222 e. The van der Waals surface area contributed by atoms with Crippen molar-refractivity contribution in [3.63, 3.8) is 0 Å². The molecule has 1 atom stereocenters. The number of nitrogens with one attached hydrogen (secondary N) is 1. The van der Waals surface area contributed by atoms with Crippen molar-refractivity contribution < 1.29 is 13.5 Å². The van der Waals surface area contributed by atoms with Gasteiger partial charge in [-0.25, -0.2) is 18.7 Å². The fourth-order valence-electron chi connectivity index (χ4n) is 4.09. The zero-order chi connectivity index (χ0) is 18.7. The van der Waals surface area contributed by atoms with Crippen LogP contribution in [0.2, 0.25) is 0 Å². The summed E-state index contributed by atoms with van der Waals surface area (Å²) in [5.74, 6) is -0.869. The number of aromatic nitrogens is 2. The van der Waals surface area contributed by atoms with Crippen molar-refractivity contribution in [1.82, 2.24) is 14.9 Å². The average molecular weight is 374 g/mol. The molecule has 1 spiro atoms. The van der Waals surface area contributed by atoms with Gasteiger partial charge in [-0.05, 0) is 37.8 Å². The van der Waals surface area contributed by atoms with Crippen molar-refractivity contribution in [2.24, 2.45) is 0 Å². The Morgan fingerprint density at radius 3 is 2.70 bits per heavy atom. The van der Waals surface area contributed by atoms with Crippen LogP contribution in [-0.4, -0.2) is 46.2 Å². The second-order valence-corrected chi connectivity index (χ2v) is 7.43. The van der Waals surface area contributed by atoms with E-state index >= 15 is 0 Å². The molecular formula is C20H24F2N4O. The van der Waals surface area contributed by atoms with Crippen LogP contribution in [0.3, 0.4) is 0 Å². The summed E-state index contributed by atoms with van der Waals surface area (Å²) >= 11 is 0. The summed E-state index contributed by atoms with van der Waals surface area (Å²) in [6, 6.07) is 6.45. The van der Waals surface area contributed by atoms with Gasteiger partial charge in [0.2, 0.25) is 5.95 Å². The predicted molar refractivity (Wildman–Crippen MR) is 98.2 cm³/mol. The zero-order valence-electron chi connectivity index (χ0n) is 15.2. The second kappa shape index (κ2) is 7.86. The van der Waals surface area contributed by atoms with Gasteiger partial charge >= 0.3 is 0 Å². The molecule has 2 aliphatic rings. The van der Waals surface area contributed by atoms with E-state index in [-0.39, 0.29) is 11.6 Å². The van der Waals surface area contributed by atoms with Gasteiger partial charge < -0.3 is 10.1 Å². The fourth-order valence-corrected chi connectivity index (χ4v) is 4.09. The van der Waals surface area contributed by atoms with E-state index in [9.17, 15) is 8.78 Å². The molecule has 0 saturated carbocycles. The van der Waals surface area contributed by atoms with Crippen molar-refractivity contribution in [1.29, 1.82) is 0 Å². The van der Waals surface area contributed by atoms with E-state index in [2.05, 4.69) is 20.2 Å². The molecule has 0 amide bonds. The molecule has 1 aromatic carbocycles. The molecule has 2 aromatic rings. The molecule has 0 unspecified atom stereocenters. The van der Waals surface area contributed by atoms with Gasteiger partial charge in [0, 0.05) is 50.2 Å². The van der Waals surface area contributed by atoms with Crippen LogP contribution >= 0.6 is 0 Å². The quantitative estimate of drug-likeness (QED) is 0.889. The van der Waals surface area contributed by atoms with Crippen LogP contribution in [0.15, 0.2) is 36.7 Å². The number of likely N-dealkylation sites (tertiary alicyclic amines) is 1. The Balaban J connectivity index is 1.34. The van der Waals surface area contributed by atoms with Crippen LogP contribution in [0.25, 0.3) is 0 Å². The van der Waals surface area contributed by atoms with Gasteiger partial charge in [0.15, 0.2) is 11.6 Å². The number of rotatable bonds is 4. The Morgan fingerprint density at radius 2 is 1.93 bits per heavy atom. The normalized spacial score (nSPS) is 22.7. The average Bonchev–Trinajstić information content (AvgIpc) is 2.68. The highest BCUT2D eigenvalue weighted by Gasteiger charge is 2.40. The van der Waals surface area contributed by atoms with E-state index in [0.717, 1.165) is 44.8 Å². The minimum Gasteiger partial charge on any atom is -0.375 e. The van der Waals surface area contributed by atoms with Gasteiger partial charge in [-0.3, -0.25) is 4.90 Å². The van der Waals surface area contributed by atoms with Gasteiger partial charge in [-0.2, -0.15) is 0 Å². The minimum atomic E-state index is -0.784. The molecule has 0 radical (unpaired) electrons. The molecule has 2 aliphatic heterocycles. The number of benzene rings is 1. The third kappa shape index (κ3) is 4.25. The number of nitrogens with zero attached hydrogens (tertiary/aromatic N) is 3. The Hall–Kier alpha value is -2.12. The molecule has 2 saturated heterocycles. The summed E-state index contributed by atoms with van der Waals surface area (Å²) in [7, 11) is 0. The predicted octanol–water partition coefficient (Wildman–Crippen LogP) is 3.38. The summed E-state index contributed by atoms with van der Waals surface area (Å²) in [6.45, 7) is 2.76. The maximum atomic E-state index is 13.9. The molecule has 0 bridgehead atoms. The summed E-state index contributed by atoms with van der Waals surface area (Å²) in [4.78, 5) is 10.7. The smallest absolute Gasteiger partial charge is 0.222 e. The van der Waals surface area contributed by atoms with Crippen LogP contribution in [0.5, 0.6) is 0 Å². The molecule has 0 aliphatic carbocycles. The molecule has 3 heterocycles. The first-order valence-electron chi connectivity index (χ1n) is 9.46. The maximum absolute atomic E-state index is 13.9. The largest absolute Gasteiger partial charge is 0.375 e. The van der Waals surface area contributed by atoms with E-state index in [0.29, 0.717) is 24.7 Å². The van der Waals surface area contributed by atoms with Gasteiger partial charge in [-0.1, -0.05) is 12.1 Å². The Morgan fingerprint density at radius 1 is 1.15 bits per heavy atom. The molecule has 5 nitrogen and oxygen atoms in total. The number of anilines is 1. The summed E-state index contributed by atoms with van der Waals surface area (Å²) < 4.78 is 33.5. The van der Waals surface area contributed by atoms with Crippen LogP contribution in [0.1, 0.15) is 31.2 Å². The number of ether oxygens (including phenoxy) is 1. The fraction of sp³-hybridized carbons (Fsp3) is 0.500. The summed E-state index contributed by atoms with van der Waals surface area (Å²) in [5.41, 5.74) is 0.262. The van der Waals surface area contributed by atoms with Crippen LogP contribution in [-0.2, 0) is 11.3 Å². The van der Waals surface area contributed by atoms with Gasteiger partial charge in [0.1, 0.15) is 0 Å². The van der Waals surface area contributed by atoms with Crippen LogP contribution in [0, 0.1) is 11.6 Å². The van der Waals surface area contributed by atoms with Gasteiger partial charge in [0.05, 0.1) is 5.60 Å². The molecular weight excluding hydrogens is 350 g/mol. The first kappa shape index (κ1) is 18.3. The van der Waals surface area contributed by atoms with Crippen molar-refractivity contribution in [2.45, 2.75) is 43.9 Å². The molecule has 2 fully saturated rings. The third-order valence-electron chi connectivity index (χ3n) is 5.58. The number of halogens is 2. The van der Waals surface area contributed by atoms with E-state index in [1.165, 1.54) is 0 Å². The minimum absolute atomic E-state index is 0.151. The molecule has 7 heteroatoms. The highest BCUT2D eigenvalue weighted by Crippen LogP contribution is 2.36. The topological polar surface area (TPSA) is 50.3 Å².